The lowest BCUT2D eigenvalue weighted by molar-refractivity contribution is 0.277. The van der Waals surface area contributed by atoms with Crippen LogP contribution in [0.2, 0.25) is 0 Å². The molecule has 1 aromatic rings. The highest BCUT2D eigenvalue weighted by atomic mass is 15.2. The normalized spacial score (nSPS) is 19.0. The third-order valence-corrected chi connectivity index (χ3v) is 4.42. The number of anilines is 1. The van der Waals surface area contributed by atoms with Crippen LogP contribution in [0.15, 0.2) is 18.2 Å². The second-order valence-corrected chi connectivity index (χ2v) is 5.63. The van der Waals surface area contributed by atoms with Crippen LogP contribution in [0.5, 0.6) is 0 Å². The Hall–Kier alpha value is -1.02. The van der Waals surface area contributed by atoms with Gasteiger partial charge in [0.15, 0.2) is 0 Å². The molecule has 2 heteroatoms. The quantitative estimate of drug-likeness (QED) is 0.880. The van der Waals surface area contributed by atoms with E-state index in [2.05, 4.69) is 56.1 Å². The summed E-state index contributed by atoms with van der Waals surface area (Å²) in [5.74, 6) is 0. The molecule has 2 nitrogen and oxygen atoms in total. The molecule has 0 aromatic heterocycles. The van der Waals surface area contributed by atoms with Crippen LogP contribution < -0.4 is 10.2 Å². The van der Waals surface area contributed by atoms with Crippen LogP contribution in [-0.4, -0.2) is 25.2 Å². The molecule has 0 saturated carbocycles. The van der Waals surface area contributed by atoms with Gasteiger partial charge in [-0.15, -0.1) is 0 Å². The maximum Gasteiger partial charge on any atom is 0.0397 e. The number of aryl methyl sites for hydroxylation is 2. The van der Waals surface area contributed by atoms with Crippen LogP contribution in [0, 0.1) is 13.8 Å². The Morgan fingerprint density at radius 3 is 2.56 bits per heavy atom. The predicted octanol–water partition coefficient (Wildman–Crippen LogP) is 3.27. The molecule has 0 aliphatic carbocycles. The summed E-state index contributed by atoms with van der Waals surface area (Å²) in [6, 6.07) is 6.80. The summed E-state index contributed by atoms with van der Waals surface area (Å²) >= 11 is 0. The van der Waals surface area contributed by atoms with Crippen LogP contribution in [0.3, 0.4) is 0 Å². The van der Waals surface area contributed by atoms with Crippen molar-refractivity contribution in [1.82, 2.24) is 5.32 Å². The Labute approximate surface area is 111 Å². The average Bonchev–Trinajstić information content (AvgIpc) is 2.38. The minimum absolute atomic E-state index is 0.301. The molecule has 100 valence electrons. The third kappa shape index (κ3) is 2.54. The van der Waals surface area contributed by atoms with Gasteiger partial charge in [-0.3, -0.25) is 0 Å². The second-order valence-electron chi connectivity index (χ2n) is 5.63. The maximum absolute atomic E-state index is 3.72. The van der Waals surface area contributed by atoms with Crippen molar-refractivity contribution in [2.75, 3.05) is 24.5 Å². The molecule has 0 bridgehead atoms. The monoisotopic (exact) mass is 246 g/mol. The zero-order valence-corrected chi connectivity index (χ0v) is 12.2. The molecule has 0 unspecified atom stereocenters. The zero-order valence-electron chi connectivity index (χ0n) is 12.2. The van der Waals surface area contributed by atoms with Gasteiger partial charge in [0.1, 0.15) is 0 Å². The summed E-state index contributed by atoms with van der Waals surface area (Å²) in [6.07, 6.45) is 2.40. The smallest absolute Gasteiger partial charge is 0.0397 e. The summed E-state index contributed by atoms with van der Waals surface area (Å²) in [5, 5.41) is 3.72. The number of hydrogen-bond donors (Lipinski definition) is 1. The number of benzene rings is 1. The molecule has 1 saturated heterocycles. The fraction of sp³-hybridized carbons (Fsp3) is 0.625. The van der Waals surface area contributed by atoms with Crippen LogP contribution in [-0.2, 0) is 0 Å². The van der Waals surface area contributed by atoms with E-state index in [-0.39, 0.29) is 0 Å². The lowest BCUT2D eigenvalue weighted by Gasteiger charge is -2.44. The average molecular weight is 246 g/mol. The van der Waals surface area contributed by atoms with E-state index in [9.17, 15) is 0 Å². The summed E-state index contributed by atoms with van der Waals surface area (Å²) in [6.45, 7) is 12.3. The molecule has 18 heavy (non-hydrogen) atoms. The first-order valence-electron chi connectivity index (χ1n) is 7.17. The molecule has 2 rings (SSSR count). The van der Waals surface area contributed by atoms with Crippen molar-refractivity contribution in [2.45, 2.75) is 46.1 Å². The molecule has 1 aliphatic heterocycles. The molecule has 1 fully saturated rings. The lowest BCUT2D eigenvalue weighted by Crippen LogP contribution is -2.60. The first-order valence-corrected chi connectivity index (χ1v) is 7.17. The molecule has 1 heterocycles. The summed E-state index contributed by atoms with van der Waals surface area (Å²) in [4.78, 5) is 2.55. The number of rotatable bonds is 3. The molecule has 0 atom stereocenters. The SMILES string of the molecule is CCC1(CC)CN(c2ccc(C)cc2C)CCN1. The fourth-order valence-electron chi connectivity index (χ4n) is 3.05. The molecule has 0 spiro atoms. The lowest BCUT2D eigenvalue weighted by atomic mass is 9.89. The van der Waals surface area contributed by atoms with Crippen molar-refractivity contribution in [3.8, 4) is 0 Å². The van der Waals surface area contributed by atoms with Crippen molar-refractivity contribution in [2.24, 2.45) is 0 Å². The van der Waals surface area contributed by atoms with E-state index < -0.39 is 0 Å². The molecule has 0 amide bonds. The Kier molecular flexibility index (Phi) is 3.96. The van der Waals surface area contributed by atoms with Crippen molar-refractivity contribution in [3.05, 3.63) is 29.3 Å². The van der Waals surface area contributed by atoms with Gasteiger partial charge >= 0.3 is 0 Å². The highest BCUT2D eigenvalue weighted by Crippen LogP contribution is 2.27. The van der Waals surface area contributed by atoms with Gasteiger partial charge in [-0.05, 0) is 38.3 Å². The van der Waals surface area contributed by atoms with E-state index in [0.29, 0.717) is 5.54 Å². The molecule has 1 aromatic carbocycles. The zero-order chi connectivity index (χ0) is 13.2. The maximum atomic E-state index is 3.72. The predicted molar refractivity (Wildman–Crippen MR) is 79.4 cm³/mol. The Morgan fingerprint density at radius 1 is 1.22 bits per heavy atom. The van der Waals surface area contributed by atoms with Crippen molar-refractivity contribution in [3.63, 3.8) is 0 Å². The molecular formula is C16H26N2. The Morgan fingerprint density at radius 2 is 1.94 bits per heavy atom. The number of piperazine rings is 1. The number of nitrogens with zero attached hydrogens (tertiary/aromatic N) is 1. The third-order valence-electron chi connectivity index (χ3n) is 4.42. The van der Waals surface area contributed by atoms with Gasteiger partial charge in [0.2, 0.25) is 0 Å². The highest BCUT2D eigenvalue weighted by molar-refractivity contribution is 5.55. The van der Waals surface area contributed by atoms with Crippen LogP contribution in [0.4, 0.5) is 5.69 Å². The van der Waals surface area contributed by atoms with Gasteiger partial charge in [0.25, 0.3) is 0 Å². The van der Waals surface area contributed by atoms with Crippen LogP contribution >= 0.6 is 0 Å². The largest absolute Gasteiger partial charge is 0.368 e. The van der Waals surface area contributed by atoms with Crippen molar-refractivity contribution in [1.29, 1.82) is 0 Å². The van der Waals surface area contributed by atoms with Gasteiger partial charge in [-0.25, -0.2) is 0 Å². The molecule has 1 N–H and O–H groups in total. The van der Waals surface area contributed by atoms with E-state index in [0.717, 1.165) is 19.6 Å². The van der Waals surface area contributed by atoms with Crippen molar-refractivity contribution >= 4 is 5.69 Å². The van der Waals surface area contributed by atoms with Gasteiger partial charge in [-0.2, -0.15) is 0 Å². The summed E-state index contributed by atoms with van der Waals surface area (Å²) < 4.78 is 0. The molecule has 0 radical (unpaired) electrons. The van der Waals surface area contributed by atoms with Gasteiger partial charge in [0, 0.05) is 30.9 Å². The molecule has 1 aliphatic rings. The minimum Gasteiger partial charge on any atom is -0.368 e. The van der Waals surface area contributed by atoms with Gasteiger partial charge < -0.3 is 10.2 Å². The summed E-state index contributed by atoms with van der Waals surface area (Å²) in [5.41, 5.74) is 4.46. The molecular weight excluding hydrogens is 220 g/mol. The van der Waals surface area contributed by atoms with Gasteiger partial charge in [0.05, 0.1) is 0 Å². The van der Waals surface area contributed by atoms with Crippen LogP contribution in [0.25, 0.3) is 0 Å². The second kappa shape index (κ2) is 5.31. The van der Waals surface area contributed by atoms with E-state index in [1.54, 1.807) is 0 Å². The first kappa shape index (κ1) is 13.4. The number of nitrogens with one attached hydrogen (secondary N) is 1. The Balaban J connectivity index is 2.23. The Bertz CT molecular complexity index is 408. The van der Waals surface area contributed by atoms with Gasteiger partial charge in [-0.1, -0.05) is 31.5 Å². The topological polar surface area (TPSA) is 15.3 Å². The van der Waals surface area contributed by atoms with Crippen LogP contribution in [0.1, 0.15) is 37.8 Å². The summed E-state index contributed by atoms with van der Waals surface area (Å²) in [7, 11) is 0. The van der Waals surface area contributed by atoms with E-state index in [1.807, 2.05) is 0 Å². The van der Waals surface area contributed by atoms with E-state index in [1.165, 1.54) is 29.7 Å². The fourth-order valence-corrected chi connectivity index (χ4v) is 3.05. The first-order chi connectivity index (χ1) is 8.60. The van der Waals surface area contributed by atoms with Crippen molar-refractivity contribution < 1.29 is 0 Å². The standard InChI is InChI=1S/C16H26N2/c1-5-16(6-2)12-18(10-9-17-16)15-8-7-13(3)11-14(15)4/h7-8,11,17H,5-6,9-10,12H2,1-4H3. The highest BCUT2D eigenvalue weighted by Gasteiger charge is 2.32. The minimum atomic E-state index is 0.301. The number of hydrogen-bond acceptors (Lipinski definition) is 2. The van der Waals surface area contributed by atoms with E-state index >= 15 is 0 Å². The van der Waals surface area contributed by atoms with E-state index in [4.69, 9.17) is 0 Å².